The standard InChI is InChI=1S/C15H19F3N2O/c1-10-3-5-12(6-4-10)20-8-7-13(14(20)21)19-11(2)9-15(16,17)18/h3-6,11,13,19H,7-9H2,1-2H3/t11-,13-/m1/s1. The van der Waals surface area contributed by atoms with Crippen LogP contribution in [0.25, 0.3) is 0 Å². The molecule has 0 bridgehead atoms. The highest BCUT2D eigenvalue weighted by molar-refractivity contribution is 5.99. The van der Waals surface area contributed by atoms with Gasteiger partial charge in [0.25, 0.3) is 0 Å². The Labute approximate surface area is 122 Å². The Bertz CT molecular complexity index is 499. The number of nitrogens with one attached hydrogen (secondary N) is 1. The summed E-state index contributed by atoms with van der Waals surface area (Å²) in [7, 11) is 0. The van der Waals surface area contributed by atoms with Gasteiger partial charge >= 0.3 is 6.18 Å². The minimum absolute atomic E-state index is 0.159. The Morgan fingerprint density at radius 2 is 1.95 bits per heavy atom. The van der Waals surface area contributed by atoms with Gasteiger partial charge in [-0.1, -0.05) is 17.7 Å². The fraction of sp³-hybridized carbons (Fsp3) is 0.533. The van der Waals surface area contributed by atoms with Gasteiger partial charge < -0.3 is 10.2 Å². The van der Waals surface area contributed by atoms with Crippen molar-refractivity contribution in [2.24, 2.45) is 0 Å². The quantitative estimate of drug-likeness (QED) is 0.927. The van der Waals surface area contributed by atoms with Gasteiger partial charge in [-0.25, -0.2) is 0 Å². The number of benzene rings is 1. The Morgan fingerprint density at radius 1 is 1.33 bits per heavy atom. The molecule has 0 saturated carbocycles. The van der Waals surface area contributed by atoms with E-state index in [-0.39, 0.29) is 5.91 Å². The SMILES string of the molecule is Cc1ccc(N2CC[C@@H](N[C@H](C)CC(F)(F)F)C2=O)cc1. The molecular formula is C15H19F3N2O. The Morgan fingerprint density at radius 3 is 2.52 bits per heavy atom. The van der Waals surface area contributed by atoms with Crippen molar-refractivity contribution in [3.63, 3.8) is 0 Å². The molecule has 1 heterocycles. The molecule has 0 radical (unpaired) electrons. The molecule has 116 valence electrons. The van der Waals surface area contributed by atoms with Gasteiger partial charge in [-0.15, -0.1) is 0 Å². The van der Waals surface area contributed by atoms with Gasteiger partial charge in [0.2, 0.25) is 5.91 Å². The van der Waals surface area contributed by atoms with Crippen LogP contribution in [0.4, 0.5) is 18.9 Å². The fourth-order valence-corrected chi connectivity index (χ4v) is 2.57. The fourth-order valence-electron chi connectivity index (χ4n) is 2.57. The van der Waals surface area contributed by atoms with Crippen molar-refractivity contribution in [1.29, 1.82) is 0 Å². The van der Waals surface area contributed by atoms with E-state index in [4.69, 9.17) is 0 Å². The summed E-state index contributed by atoms with van der Waals surface area (Å²) in [6, 6.07) is 6.23. The summed E-state index contributed by atoms with van der Waals surface area (Å²) >= 11 is 0. The number of hydrogen-bond acceptors (Lipinski definition) is 2. The van der Waals surface area contributed by atoms with Crippen LogP contribution in [-0.4, -0.2) is 30.7 Å². The third-order valence-corrected chi connectivity index (χ3v) is 3.57. The van der Waals surface area contributed by atoms with Crippen LogP contribution in [0.3, 0.4) is 0 Å². The predicted octanol–water partition coefficient (Wildman–Crippen LogP) is 3.03. The molecule has 6 heteroatoms. The lowest BCUT2D eigenvalue weighted by Crippen LogP contribution is -2.44. The first-order chi connectivity index (χ1) is 9.76. The van der Waals surface area contributed by atoms with E-state index in [2.05, 4.69) is 5.32 Å². The Hall–Kier alpha value is -1.56. The molecule has 1 aliphatic heterocycles. The molecule has 1 saturated heterocycles. The number of anilines is 1. The third-order valence-electron chi connectivity index (χ3n) is 3.57. The molecule has 2 atom stereocenters. The second kappa shape index (κ2) is 6.05. The molecule has 21 heavy (non-hydrogen) atoms. The molecule has 1 aromatic rings. The number of nitrogens with zero attached hydrogens (tertiary/aromatic N) is 1. The number of aryl methyl sites for hydroxylation is 1. The second-order valence-corrected chi connectivity index (χ2v) is 5.55. The Kier molecular flexibility index (Phi) is 4.56. The minimum Gasteiger partial charge on any atom is -0.311 e. The van der Waals surface area contributed by atoms with Crippen LogP contribution in [0, 0.1) is 6.92 Å². The molecule has 0 aliphatic carbocycles. The summed E-state index contributed by atoms with van der Waals surface area (Å²) < 4.78 is 37.0. The van der Waals surface area contributed by atoms with E-state index in [1.165, 1.54) is 6.92 Å². The average molecular weight is 300 g/mol. The van der Waals surface area contributed by atoms with Gasteiger partial charge in [0.1, 0.15) is 0 Å². The first-order valence-electron chi connectivity index (χ1n) is 6.97. The van der Waals surface area contributed by atoms with Gasteiger partial charge in [-0.2, -0.15) is 13.2 Å². The van der Waals surface area contributed by atoms with Crippen molar-refractivity contribution >= 4 is 11.6 Å². The van der Waals surface area contributed by atoms with Gasteiger partial charge in [-0.05, 0) is 32.4 Å². The molecule has 0 spiro atoms. The van der Waals surface area contributed by atoms with E-state index >= 15 is 0 Å². The molecular weight excluding hydrogens is 281 g/mol. The number of hydrogen-bond donors (Lipinski definition) is 1. The van der Waals surface area contributed by atoms with Crippen LogP contribution in [0.5, 0.6) is 0 Å². The minimum atomic E-state index is -4.22. The molecule has 1 fully saturated rings. The molecule has 1 amide bonds. The van der Waals surface area contributed by atoms with Crippen LogP contribution < -0.4 is 10.2 Å². The van der Waals surface area contributed by atoms with Crippen molar-refractivity contribution in [2.75, 3.05) is 11.4 Å². The van der Waals surface area contributed by atoms with E-state index < -0.39 is 24.7 Å². The Balaban J connectivity index is 1.97. The zero-order chi connectivity index (χ0) is 15.6. The molecule has 1 aliphatic rings. The van der Waals surface area contributed by atoms with Crippen molar-refractivity contribution in [2.45, 2.75) is 44.9 Å². The summed E-state index contributed by atoms with van der Waals surface area (Å²) in [4.78, 5) is 13.9. The van der Waals surface area contributed by atoms with E-state index in [0.29, 0.717) is 13.0 Å². The highest BCUT2D eigenvalue weighted by Crippen LogP contribution is 2.24. The van der Waals surface area contributed by atoms with Crippen LogP contribution in [0.15, 0.2) is 24.3 Å². The van der Waals surface area contributed by atoms with Crippen molar-refractivity contribution in [1.82, 2.24) is 5.32 Å². The smallest absolute Gasteiger partial charge is 0.311 e. The number of alkyl halides is 3. The van der Waals surface area contributed by atoms with Crippen molar-refractivity contribution < 1.29 is 18.0 Å². The van der Waals surface area contributed by atoms with Crippen molar-refractivity contribution in [3.05, 3.63) is 29.8 Å². The number of amides is 1. The second-order valence-electron chi connectivity index (χ2n) is 5.55. The number of rotatable bonds is 4. The molecule has 0 unspecified atom stereocenters. The van der Waals surface area contributed by atoms with Gasteiger partial charge in [0, 0.05) is 18.3 Å². The monoisotopic (exact) mass is 300 g/mol. The van der Waals surface area contributed by atoms with E-state index in [0.717, 1.165) is 11.3 Å². The highest BCUT2D eigenvalue weighted by atomic mass is 19.4. The normalized spacial score (nSPS) is 20.9. The van der Waals surface area contributed by atoms with Crippen LogP contribution in [0.1, 0.15) is 25.3 Å². The van der Waals surface area contributed by atoms with E-state index in [1.54, 1.807) is 4.90 Å². The molecule has 1 aromatic carbocycles. The lowest BCUT2D eigenvalue weighted by atomic mass is 10.1. The number of carbonyl (C=O) groups excluding carboxylic acids is 1. The van der Waals surface area contributed by atoms with E-state index in [1.807, 2.05) is 31.2 Å². The molecule has 1 N–H and O–H groups in total. The number of carbonyl (C=O) groups is 1. The summed E-state index contributed by atoms with van der Waals surface area (Å²) in [6.07, 6.45) is -4.62. The van der Waals surface area contributed by atoms with Crippen LogP contribution in [-0.2, 0) is 4.79 Å². The molecule has 2 rings (SSSR count). The summed E-state index contributed by atoms with van der Waals surface area (Å²) in [5, 5.41) is 2.79. The summed E-state index contributed by atoms with van der Waals surface area (Å²) in [5.74, 6) is -0.159. The average Bonchev–Trinajstić information content (AvgIpc) is 2.70. The molecule has 3 nitrogen and oxygen atoms in total. The maximum Gasteiger partial charge on any atom is 0.390 e. The van der Waals surface area contributed by atoms with Gasteiger partial charge in [-0.3, -0.25) is 4.79 Å². The molecule has 0 aromatic heterocycles. The maximum absolute atomic E-state index is 12.3. The largest absolute Gasteiger partial charge is 0.390 e. The summed E-state index contributed by atoms with van der Waals surface area (Å²) in [6.45, 7) is 3.94. The van der Waals surface area contributed by atoms with Crippen molar-refractivity contribution in [3.8, 4) is 0 Å². The number of halogens is 3. The topological polar surface area (TPSA) is 32.3 Å². The lowest BCUT2D eigenvalue weighted by molar-refractivity contribution is -0.140. The zero-order valence-electron chi connectivity index (χ0n) is 12.1. The zero-order valence-corrected chi connectivity index (χ0v) is 12.1. The summed E-state index contributed by atoms with van der Waals surface area (Å²) in [5.41, 5.74) is 1.89. The maximum atomic E-state index is 12.3. The van der Waals surface area contributed by atoms with E-state index in [9.17, 15) is 18.0 Å². The van der Waals surface area contributed by atoms with Gasteiger partial charge in [0.05, 0.1) is 12.5 Å². The first kappa shape index (κ1) is 15.8. The lowest BCUT2D eigenvalue weighted by Gasteiger charge is -2.21. The van der Waals surface area contributed by atoms with Gasteiger partial charge in [0.15, 0.2) is 0 Å². The van der Waals surface area contributed by atoms with Crippen LogP contribution >= 0.6 is 0 Å². The predicted molar refractivity (Wildman–Crippen MR) is 75.2 cm³/mol. The van der Waals surface area contributed by atoms with Crippen LogP contribution in [0.2, 0.25) is 0 Å². The highest BCUT2D eigenvalue weighted by Gasteiger charge is 2.36. The third kappa shape index (κ3) is 4.20. The first-order valence-corrected chi connectivity index (χ1v) is 6.97.